The van der Waals surface area contributed by atoms with Crippen LogP contribution in [0.2, 0.25) is 5.02 Å². The number of carbonyl (C=O) groups excluding carboxylic acids is 1. The quantitative estimate of drug-likeness (QED) is 0.557. The van der Waals surface area contributed by atoms with Crippen LogP contribution in [0.25, 0.3) is 0 Å². The molecule has 1 N–H and O–H groups in total. The number of carbonyl (C=O) groups is 1. The standard InChI is InChI=1S/C20H17ClF6N2O/c1-11-8-12(2-3-16(11)22)28-18(30)13-9-15(21)14(20(25,26)27)10-17(13)29-6-4-19(23,24)5-7-29/h2-3,8-10H,4-7H2,1H3,(H,28,30). The summed E-state index contributed by atoms with van der Waals surface area (Å²) >= 11 is 5.78. The number of alkyl halides is 5. The average molecular weight is 451 g/mol. The summed E-state index contributed by atoms with van der Waals surface area (Å²) in [5.41, 5.74) is -1.01. The van der Waals surface area contributed by atoms with Gasteiger partial charge in [-0.25, -0.2) is 13.2 Å². The Morgan fingerprint density at radius 2 is 1.77 bits per heavy atom. The van der Waals surface area contributed by atoms with E-state index in [9.17, 15) is 31.1 Å². The van der Waals surface area contributed by atoms with E-state index in [1.165, 1.54) is 24.0 Å². The van der Waals surface area contributed by atoms with E-state index in [0.29, 0.717) is 6.07 Å². The maximum Gasteiger partial charge on any atom is 0.417 e. The van der Waals surface area contributed by atoms with Crippen molar-refractivity contribution < 1.29 is 31.1 Å². The molecule has 0 atom stereocenters. The molecule has 0 aliphatic carbocycles. The van der Waals surface area contributed by atoms with Gasteiger partial charge in [0.2, 0.25) is 0 Å². The van der Waals surface area contributed by atoms with E-state index in [1.54, 1.807) is 0 Å². The van der Waals surface area contributed by atoms with Gasteiger partial charge >= 0.3 is 6.18 Å². The van der Waals surface area contributed by atoms with Crippen LogP contribution in [0.4, 0.5) is 37.7 Å². The van der Waals surface area contributed by atoms with Crippen LogP contribution in [-0.2, 0) is 6.18 Å². The van der Waals surface area contributed by atoms with Crippen molar-refractivity contribution >= 4 is 28.9 Å². The zero-order valence-corrected chi connectivity index (χ0v) is 16.5. The highest BCUT2D eigenvalue weighted by atomic mass is 35.5. The molecule has 0 aromatic heterocycles. The third kappa shape index (κ3) is 4.83. The Balaban J connectivity index is 2.00. The fraction of sp³-hybridized carbons (Fsp3) is 0.350. The van der Waals surface area contributed by atoms with E-state index in [0.717, 1.165) is 12.1 Å². The van der Waals surface area contributed by atoms with Gasteiger partial charge in [0.05, 0.1) is 21.8 Å². The fourth-order valence-electron chi connectivity index (χ4n) is 3.22. The number of hydrogen-bond acceptors (Lipinski definition) is 2. The third-order valence-corrected chi connectivity index (χ3v) is 5.20. The Labute approximate surface area is 173 Å². The maximum atomic E-state index is 13.5. The molecular formula is C20H17ClF6N2O. The van der Waals surface area contributed by atoms with Crippen LogP contribution in [-0.4, -0.2) is 24.9 Å². The Kier molecular flexibility index (Phi) is 5.95. The van der Waals surface area contributed by atoms with E-state index in [2.05, 4.69) is 5.32 Å². The summed E-state index contributed by atoms with van der Waals surface area (Å²) in [6.07, 6.45) is -5.88. The summed E-state index contributed by atoms with van der Waals surface area (Å²) in [7, 11) is 0. The highest BCUT2D eigenvalue weighted by molar-refractivity contribution is 6.32. The summed E-state index contributed by atoms with van der Waals surface area (Å²) in [6, 6.07) is 5.38. The highest BCUT2D eigenvalue weighted by Gasteiger charge is 2.38. The Morgan fingerprint density at radius 1 is 1.13 bits per heavy atom. The number of hydrogen-bond donors (Lipinski definition) is 1. The van der Waals surface area contributed by atoms with Crippen LogP contribution in [0.1, 0.15) is 34.3 Å². The van der Waals surface area contributed by atoms with E-state index >= 15 is 0 Å². The molecule has 0 radical (unpaired) electrons. The molecule has 30 heavy (non-hydrogen) atoms. The van der Waals surface area contributed by atoms with E-state index in [-0.39, 0.29) is 35.6 Å². The SMILES string of the molecule is Cc1cc(NC(=O)c2cc(Cl)c(C(F)(F)F)cc2N2CCC(F)(F)CC2)ccc1F. The second kappa shape index (κ2) is 8.02. The number of nitrogens with zero attached hydrogens (tertiary/aromatic N) is 1. The van der Waals surface area contributed by atoms with E-state index < -0.39 is 47.3 Å². The van der Waals surface area contributed by atoms with Gasteiger partial charge in [-0.2, -0.15) is 13.2 Å². The van der Waals surface area contributed by atoms with Gasteiger partial charge in [-0.3, -0.25) is 4.79 Å². The Bertz CT molecular complexity index is 966. The van der Waals surface area contributed by atoms with Crippen LogP contribution >= 0.6 is 11.6 Å². The van der Waals surface area contributed by atoms with Crippen molar-refractivity contribution in [3.05, 3.63) is 57.9 Å². The van der Waals surface area contributed by atoms with Crippen molar-refractivity contribution in [1.82, 2.24) is 0 Å². The second-order valence-electron chi connectivity index (χ2n) is 7.11. The number of halogens is 7. The topological polar surface area (TPSA) is 32.3 Å². The smallest absolute Gasteiger partial charge is 0.370 e. The van der Waals surface area contributed by atoms with Crippen molar-refractivity contribution in [2.45, 2.75) is 31.9 Å². The molecule has 0 unspecified atom stereocenters. The number of aryl methyl sites for hydroxylation is 1. The summed E-state index contributed by atoms with van der Waals surface area (Å²) in [6.45, 7) is 1.04. The molecule has 162 valence electrons. The minimum absolute atomic E-state index is 0.140. The van der Waals surface area contributed by atoms with E-state index in [4.69, 9.17) is 11.6 Å². The number of benzene rings is 2. The number of nitrogens with one attached hydrogen (secondary N) is 1. The van der Waals surface area contributed by atoms with Gasteiger partial charge in [0.15, 0.2) is 0 Å². The van der Waals surface area contributed by atoms with Gasteiger partial charge in [-0.05, 0) is 42.8 Å². The van der Waals surface area contributed by atoms with Gasteiger partial charge in [0.25, 0.3) is 11.8 Å². The van der Waals surface area contributed by atoms with Crippen molar-refractivity contribution in [3.8, 4) is 0 Å². The molecule has 1 saturated heterocycles. The third-order valence-electron chi connectivity index (χ3n) is 4.89. The molecule has 2 aromatic rings. The van der Waals surface area contributed by atoms with Gasteiger partial charge in [0.1, 0.15) is 5.82 Å². The minimum atomic E-state index is -4.78. The van der Waals surface area contributed by atoms with E-state index in [1.807, 2.05) is 0 Å². The van der Waals surface area contributed by atoms with Crippen molar-refractivity contribution in [3.63, 3.8) is 0 Å². The number of amides is 1. The fourth-order valence-corrected chi connectivity index (χ4v) is 3.49. The van der Waals surface area contributed by atoms with Crippen LogP contribution in [0.15, 0.2) is 30.3 Å². The molecule has 2 aromatic carbocycles. The first-order valence-electron chi connectivity index (χ1n) is 8.98. The van der Waals surface area contributed by atoms with Gasteiger partial charge in [-0.15, -0.1) is 0 Å². The molecule has 0 saturated carbocycles. The summed E-state index contributed by atoms with van der Waals surface area (Å²) in [5, 5.41) is 1.80. The minimum Gasteiger partial charge on any atom is -0.370 e. The molecule has 3 rings (SSSR count). The number of rotatable bonds is 3. The maximum absolute atomic E-state index is 13.5. The summed E-state index contributed by atoms with van der Waals surface area (Å²) in [4.78, 5) is 14.1. The molecule has 0 bridgehead atoms. The molecule has 10 heteroatoms. The average Bonchev–Trinajstić information content (AvgIpc) is 2.64. The predicted molar refractivity (Wildman–Crippen MR) is 102 cm³/mol. The van der Waals surface area contributed by atoms with Crippen molar-refractivity contribution in [2.24, 2.45) is 0 Å². The number of piperidine rings is 1. The first-order valence-corrected chi connectivity index (χ1v) is 9.36. The van der Waals surface area contributed by atoms with Crippen molar-refractivity contribution in [2.75, 3.05) is 23.3 Å². The lowest BCUT2D eigenvalue weighted by Gasteiger charge is -2.34. The van der Waals surface area contributed by atoms with Gasteiger partial charge in [0, 0.05) is 31.6 Å². The molecule has 1 aliphatic heterocycles. The largest absolute Gasteiger partial charge is 0.417 e. The first-order chi connectivity index (χ1) is 13.9. The lowest BCUT2D eigenvalue weighted by atomic mass is 10.0. The lowest BCUT2D eigenvalue weighted by molar-refractivity contribution is -0.137. The van der Waals surface area contributed by atoms with Crippen LogP contribution in [0.3, 0.4) is 0 Å². The first kappa shape index (κ1) is 22.3. The van der Waals surface area contributed by atoms with Crippen molar-refractivity contribution in [1.29, 1.82) is 0 Å². The van der Waals surface area contributed by atoms with Crippen LogP contribution in [0.5, 0.6) is 0 Å². The lowest BCUT2D eigenvalue weighted by Crippen LogP contribution is -2.40. The molecule has 1 aliphatic rings. The zero-order chi connectivity index (χ0) is 22.3. The Morgan fingerprint density at radius 3 is 2.33 bits per heavy atom. The Hall–Kier alpha value is -2.42. The summed E-state index contributed by atoms with van der Waals surface area (Å²) < 4.78 is 80.4. The number of anilines is 2. The normalized spacial score (nSPS) is 16.5. The molecule has 0 spiro atoms. The molecule has 1 amide bonds. The molecule has 1 heterocycles. The molecular weight excluding hydrogens is 434 g/mol. The highest BCUT2D eigenvalue weighted by Crippen LogP contribution is 2.40. The molecule has 3 nitrogen and oxygen atoms in total. The van der Waals surface area contributed by atoms with Crippen LogP contribution < -0.4 is 10.2 Å². The predicted octanol–water partition coefficient (Wildman–Crippen LogP) is 6.29. The van der Waals surface area contributed by atoms with Gasteiger partial charge < -0.3 is 10.2 Å². The second-order valence-corrected chi connectivity index (χ2v) is 7.52. The van der Waals surface area contributed by atoms with Crippen LogP contribution in [0, 0.1) is 12.7 Å². The van der Waals surface area contributed by atoms with Gasteiger partial charge in [-0.1, -0.05) is 11.6 Å². The monoisotopic (exact) mass is 450 g/mol. The summed E-state index contributed by atoms with van der Waals surface area (Å²) in [5.74, 6) is -4.19. The molecule has 1 fully saturated rings. The zero-order valence-electron chi connectivity index (χ0n) is 15.7.